The summed E-state index contributed by atoms with van der Waals surface area (Å²) in [6.07, 6.45) is 14.2. The van der Waals surface area contributed by atoms with Crippen molar-refractivity contribution in [2.45, 2.75) is 77.2 Å². The van der Waals surface area contributed by atoms with Crippen molar-refractivity contribution in [3.63, 3.8) is 0 Å². The average molecular weight is 262 g/mol. The largest absolute Gasteiger partial charge is 0.393 e. The molecule has 0 bridgehead atoms. The van der Waals surface area contributed by atoms with Gasteiger partial charge >= 0.3 is 0 Å². The monoisotopic (exact) mass is 262 g/mol. The molecule has 1 N–H and O–H groups in total. The highest BCUT2D eigenvalue weighted by Gasteiger charge is 2.56. The molecule has 1 nitrogen and oxygen atoms in total. The third-order valence-electron chi connectivity index (χ3n) is 7.83. The van der Waals surface area contributed by atoms with E-state index in [1.165, 1.54) is 57.8 Å². The molecule has 4 saturated carbocycles. The van der Waals surface area contributed by atoms with Crippen molar-refractivity contribution < 1.29 is 5.11 Å². The van der Waals surface area contributed by atoms with Gasteiger partial charge in [0.2, 0.25) is 0 Å². The van der Waals surface area contributed by atoms with E-state index in [9.17, 15) is 5.11 Å². The minimum Gasteiger partial charge on any atom is -0.393 e. The summed E-state index contributed by atoms with van der Waals surface area (Å²) in [5.41, 5.74) is 0.280. The highest BCUT2D eigenvalue weighted by Crippen LogP contribution is 2.62. The van der Waals surface area contributed by atoms with E-state index in [0.29, 0.717) is 0 Å². The Bertz CT molecular complexity index is 352. The molecular formula is C18H30O. The molecule has 1 heteroatoms. The second-order valence-corrected chi connectivity index (χ2v) is 8.36. The average Bonchev–Trinajstić information content (AvgIpc) is 2.75. The summed E-state index contributed by atoms with van der Waals surface area (Å²) in [5, 5.41) is 10.4. The first-order valence-corrected chi connectivity index (χ1v) is 8.88. The van der Waals surface area contributed by atoms with Crippen LogP contribution in [0.2, 0.25) is 0 Å². The molecule has 0 spiro atoms. The molecule has 7 atom stereocenters. The van der Waals surface area contributed by atoms with Crippen molar-refractivity contribution in [2.75, 3.05) is 0 Å². The molecule has 3 unspecified atom stereocenters. The van der Waals surface area contributed by atoms with E-state index in [-0.39, 0.29) is 11.5 Å². The first kappa shape index (κ1) is 12.7. The van der Waals surface area contributed by atoms with Crippen molar-refractivity contribution in [3.8, 4) is 0 Å². The normalized spacial score (nSPS) is 57.2. The lowest BCUT2D eigenvalue weighted by atomic mass is 9.50. The highest BCUT2D eigenvalue weighted by atomic mass is 16.3. The van der Waals surface area contributed by atoms with Crippen LogP contribution < -0.4 is 0 Å². The molecule has 4 rings (SSSR count). The number of aliphatic hydroxyl groups excluding tert-OH is 1. The van der Waals surface area contributed by atoms with Crippen LogP contribution in [0.1, 0.15) is 71.1 Å². The van der Waals surface area contributed by atoms with Gasteiger partial charge in [0.1, 0.15) is 0 Å². The van der Waals surface area contributed by atoms with Gasteiger partial charge in [0.15, 0.2) is 0 Å². The van der Waals surface area contributed by atoms with Crippen LogP contribution in [0.15, 0.2) is 0 Å². The molecule has 19 heavy (non-hydrogen) atoms. The lowest BCUT2D eigenvalue weighted by molar-refractivity contribution is -0.0809. The highest BCUT2D eigenvalue weighted by molar-refractivity contribution is 5.05. The maximum atomic E-state index is 10.4. The van der Waals surface area contributed by atoms with Gasteiger partial charge in [-0.25, -0.2) is 0 Å². The van der Waals surface area contributed by atoms with E-state index < -0.39 is 0 Å². The summed E-state index contributed by atoms with van der Waals surface area (Å²) in [6.45, 7) is 2.40. The number of fused-ring (bicyclic) bond motifs is 5. The van der Waals surface area contributed by atoms with Crippen molar-refractivity contribution in [1.82, 2.24) is 0 Å². The first-order valence-electron chi connectivity index (χ1n) is 8.88. The summed E-state index contributed by atoms with van der Waals surface area (Å²) < 4.78 is 0. The van der Waals surface area contributed by atoms with Crippen LogP contribution in [0.5, 0.6) is 0 Å². The molecule has 0 amide bonds. The van der Waals surface area contributed by atoms with Gasteiger partial charge in [-0.3, -0.25) is 0 Å². The van der Waals surface area contributed by atoms with Crippen molar-refractivity contribution in [3.05, 3.63) is 0 Å². The maximum absolute atomic E-state index is 10.4. The summed E-state index contributed by atoms with van der Waals surface area (Å²) >= 11 is 0. The van der Waals surface area contributed by atoms with Gasteiger partial charge in [0.05, 0.1) is 6.10 Å². The van der Waals surface area contributed by atoms with Crippen LogP contribution in [0, 0.1) is 35.0 Å². The Balaban J connectivity index is 1.59. The summed E-state index contributed by atoms with van der Waals surface area (Å²) in [4.78, 5) is 0. The molecule has 4 aliphatic carbocycles. The zero-order valence-electron chi connectivity index (χ0n) is 12.5. The fraction of sp³-hybridized carbons (Fsp3) is 1.00. The molecule has 4 aliphatic rings. The molecule has 0 aromatic carbocycles. The number of aliphatic hydroxyl groups is 1. The van der Waals surface area contributed by atoms with E-state index in [2.05, 4.69) is 6.92 Å². The molecule has 0 saturated heterocycles. The topological polar surface area (TPSA) is 20.2 Å². The van der Waals surface area contributed by atoms with Gasteiger partial charge in [-0.1, -0.05) is 26.2 Å². The molecule has 0 aromatic heterocycles. The molecule has 108 valence electrons. The third kappa shape index (κ3) is 1.76. The number of rotatable bonds is 0. The quantitative estimate of drug-likeness (QED) is 0.686. The van der Waals surface area contributed by atoms with E-state index in [1.54, 1.807) is 0 Å². The van der Waals surface area contributed by atoms with E-state index in [4.69, 9.17) is 0 Å². The van der Waals surface area contributed by atoms with E-state index in [0.717, 1.165) is 36.0 Å². The predicted octanol–water partition coefficient (Wildman–Crippen LogP) is 4.39. The van der Waals surface area contributed by atoms with Gasteiger partial charge < -0.3 is 5.11 Å². The Morgan fingerprint density at radius 2 is 1.63 bits per heavy atom. The van der Waals surface area contributed by atoms with Gasteiger partial charge in [-0.05, 0) is 80.0 Å². The maximum Gasteiger partial charge on any atom is 0.0596 e. The summed E-state index contributed by atoms with van der Waals surface area (Å²) in [6, 6.07) is 0. The summed E-state index contributed by atoms with van der Waals surface area (Å²) in [7, 11) is 0. The number of hydrogen-bond acceptors (Lipinski definition) is 1. The molecular weight excluding hydrogens is 232 g/mol. The zero-order chi connectivity index (χ0) is 13.0. The standard InChI is InChI=1S/C18H30O/c1-18-11-10-14-13-5-3-2-4-12(13)6-7-15(14)16(18)8-9-17(18)19/h12-17,19H,2-11H2,1H3/t12-,13+,14?,15?,16?,17+,18+/m1/s1. The Kier molecular flexibility index (Phi) is 2.99. The Morgan fingerprint density at radius 1 is 0.789 bits per heavy atom. The van der Waals surface area contributed by atoms with Gasteiger partial charge in [0.25, 0.3) is 0 Å². The second-order valence-electron chi connectivity index (χ2n) is 8.36. The van der Waals surface area contributed by atoms with Crippen LogP contribution in [0.25, 0.3) is 0 Å². The minimum absolute atomic E-state index is 0.00234. The lowest BCUT2D eigenvalue weighted by Gasteiger charge is -2.55. The Morgan fingerprint density at radius 3 is 2.53 bits per heavy atom. The molecule has 4 fully saturated rings. The predicted molar refractivity (Wildman–Crippen MR) is 77.7 cm³/mol. The van der Waals surface area contributed by atoms with E-state index >= 15 is 0 Å². The zero-order valence-corrected chi connectivity index (χ0v) is 12.5. The fourth-order valence-electron chi connectivity index (χ4n) is 6.80. The van der Waals surface area contributed by atoms with Crippen LogP contribution in [-0.2, 0) is 0 Å². The summed E-state index contributed by atoms with van der Waals surface area (Å²) in [5.74, 6) is 4.99. The first-order chi connectivity index (χ1) is 9.20. The fourth-order valence-corrected chi connectivity index (χ4v) is 6.80. The van der Waals surface area contributed by atoms with Crippen LogP contribution in [-0.4, -0.2) is 11.2 Å². The Labute approximate surface area is 118 Å². The molecule has 0 aliphatic heterocycles. The minimum atomic E-state index is 0.00234. The smallest absolute Gasteiger partial charge is 0.0596 e. The number of hydrogen-bond donors (Lipinski definition) is 1. The molecule has 0 radical (unpaired) electrons. The molecule has 0 heterocycles. The molecule has 0 aromatic rings. The van der Waals surface area contributed by atoms with Gasteiger partial charge in [-0.2, -0.15) is 0 Å². The Hall–Kier alpha value is -0.0400. The lowest BCUT2D eigenvalue weighted by Crippen LogP contribution is -2.48. The van der Waals surface area contributed by atoms with Gasteiger partial charge in [-0.15, -0.1) is 0 Å². The van der Waals surface area contributed by atoms with Crippen LogP contribution >= 0.6 is 0 Å². The SMILES string of the molecule is C[C@]12CCC3C(CC[C@H]4CCCC[C@H]34)C1CC[C@@H]2O. The third-order valence-corrected chi connectivity index (χ3v) is 7.83. The van der Waals surface area contributed by atoms with Crippen molar-refractivity contribution >= 4 is 0 Å². The van der Waals surface area contributed by atoms with Crippen molar-refractivity contribution in [1.29, 1.82) is 0 Å². The van der Waals surface area contributed by atoms with Gasteiger partial charge in [0, 0.05) is 0 Å². The van der Waals surface area contributed by atoms with Crippen LogP contribution in [0.3, 0.4) is 0 Å². The van der Waals surface area contributed by atoms with Crippen molar-refractivity contribution in [2.24, 2.45) is 35.0 Å². The second kappa shape index (κ2) is 4.48. The van der Waals surface area contributed by atoms with Crippen LogP contribution in [0.4, 0.5) is 0 Å². The van der Waals surface area contributed by atoms with E-state index in [1.807, 2.05) is 0 Å².